The van der Waals surface area contributed by atoms with Crippen molar-refractivity contribution in [3.63, 3.8) is 0 Å². The molecule has 3 aliphatic rings. The molecule has 0 radical (unpaired) electrons. The standard InChI is InChI=1S/C46H64N8O7SSi/c1-11-53-35-17-16-29-20-31(35)32(39(53)30-14-12-18-47-37(30)28(4)59-10)21-44(5,6)24-61-41(56)33-15-13-19-54(50-33)42(57)46(63,22-36-48-34(29)23-62-36)49-40(55)38(27(2)3)51(8)43(58)52(9)45(7)25-60-26-45/h12,14,16-18,20,23,27-28,33,38,50H,11,13,15,19,21-22,24-26H2,1-10,63H3,(H,49,55)/t28-,33-,38-,46-/m0/s1. The van der Waals surface area contributed by atoms with E-state index in [1.165, 1.54) is 21.2 Å². The van der Waals surface area contributed by atoms with Crippen molar-refractivity contribution in [3.05, 3.63) is 58.2 Å². The number of hydrogen-bond acceptors (Lipinski definition) is 11. The summed E-state index contributed by atoms with van der Waals surface area (Å²) in [4.78, 5) is 70.3. The third-order valence-electron chi connectivity index (χ3n) is 13.1. The highest BCUT2D eigenvalue weighted by Crippen LogP contribution is 2.42. The minimum atomic E-state index is -1.39. The molecule has 4 atom stereocenters. The molecule has 0 unspecified atom stereocenters. The molecule has 1 aromatic carbocycles. The Bertz CT molecular complexity index is 2380. The van der Waals surface area contributed by atoms with Crippen LogP contribution in [-0.2, 0) is 48.0 Å². The zero-order valence-corrected chi connectivity index (χ0v) is 41.5. The number of hydrogen-bond donors (Lipinski definition) is 2. The number of rotatable bonds is 9. The molecule has 15 nitrogen and oxygen atoms in total. The largest absolute Gasteiger partial charge is 0.464 e. The minimum Gasteiger partial charge on any atom is -0.464 e. The smallest absolute Gasteiger partial charge is 0.324 e. The van der Waals surface area contributed by atoms with E-state index in [-0.39, 0.29) is 47.2 Å². The lowest BCUT2D eigenvalue weighted by molar-refractivity contribution is -0.156. The minimum absolute atomic E-state index is 0.124. The summed E-state index contributed by atoms with van der Waals surface area (Å²) < 4.78 is 19.7. The lowest BCUT2D eigenvalue weighted by atomic mass is 9.84. The number of ether oxygens (including phenoxy) is 3. The van der Waals surface area contributed by atoms with Crippen molar-refractivity contribution in [3.8, 4) is 22.5 Å². The van der Waals surface area contributed by atoms with Crippen molar-refractivity contribution >= 4 is 56.3 Å². The number of carbonyl (C=O) groups excluding carboxylic acids is 4. The highest BCUT2D eigenvalue weighted by Gasteiger charge is 2.46. The molecule has 6 heterocycles. The van der Waals surface area contributed by atoms with Crippen LogP contribution < -0.4 is 10.7 Å². The van der Waals surface area contributed by atoms with Gasteiger partial charge in [-0.3, -0.25) is 24.4 Å². The van der Waals surface area contributed by atoms with Crippen LogP contribution in [0.15, 0.2) is 41.9 Å². The zero-order chi connectivity index (χ0) is 45.6. The summed E-state index contributed by atoms with van der Waals surface area (Å²) in [5.74, 6) is -1.52. The number of fused-ring (bicyclic) bond motifs is 6. The van der Waals surface area contributed by atoms with Gasteiger partial charge in [0.1, 0.15) is 17.2 Å². The number of methoxy groups -OCH3 is 1. The summed E-state index contributed by atoms with van der Waals surface area (Å²) in [5.41, 5.74) is 8.94. The first-order valence-electron chi connectivity index (χ1n) is 22.0. The number of likely N-dealkylation sites (N-methyl/N-ethyl adjacent to an activating group) is 2. The second-order valence-corrected chi connectivity index (χ2v) is 21.8. The fourth-order valence-electron chi connectivity index (χ4n) is 9.20. The third kappa shape index (κ3) is 9.04. The van der Waals surface area contributed by atoms with Crippen LogP contribution in [0.25, 0.3) is 33.4 Å². The average molecular weight is 901 g/mol. The summed E-state index contributed by atoms with van der Waals surface area (Å²) in [6.07, 6.45) is 3.30. The molecule has 2 N–H and O–H groups in total. The number of thiazole rings is 1. The molecule has 0 saturated carbocycles. The van der Waals surface area contributed by atoms with Crippen LogP contribution in [0, 0.1) is 11.3 Å². The van der Waals surface area contributed by atoms with Crippen molar-refractivity contribution in [1.82, 2.24) is 40.1 Å². The Hall–Kier alpha value is -4.68. The van der Waals surface area contributed by atoms with Crippen molar-refractivity contribution in [2.24, 2.45) is 11.3 Å². The molecule has 17 heteroatoms. The molecule has 2 saturated heterocycles. The monoisotopic (exact) mass is 900 g/mol. The predicted octanol–water partition coefficient (Wildman–Crippen LogP) is 4.69. The van der Waals surface area contributed by atoms with E-state index < -0.39 is 40.1 Å². The molecule has 7 rings (SSSR count). The van der Waals surface area contributed by atoms with Crippen LogP contribution in [0.5, 0.6) is 0 Å². The third-order valence-corrected chi connectivity index (χ3v) is 14.9. The Balaban J connectivity index is 1.32. The van der Waals surface area contributed by atoms with Crippen LogP contribution in [0.2, 0.25) is 0 Å². The number of carbonyl (C=O) groups is 4. The number of amides is 4. The summed E-state index contributed by atoms with van der Waals surface area (Å²) in [6.45, 7) is 16.1. The van der Waals surface area contributed by atoms with E-state index >= 15 is 0 Å². The molecule has 4 amide bonds. The average Bonchev–Trinajstić information content (AvgIpc) is 3.84. The number of esters is 1. The number of aromatic nitrogens is 3. The molecular formula is C46H64N8O7SSi. The van der Waals surface area contributed by atoms with Gasteiger partial charge >= 0.3 is 12.0 Å². The van der Waals surface area contributed by atoms with Gasteiger partial charge in [-0.05, 0) is 75.8 Å². The van der Waals surface area contributed by atoms with Gasteiger partial charge in [-0.25, -0.2) is 15.2 Å². The van der Waals surface area contributed by atoms with Gasteiger partial charge in [-0.1, -0.05) is 33.8 Å². The van der Waals surface area contributed by atoms with Crippen molar-refractivity contribution < 1.29 is 33.4 Å². The van der Waals surface area contributed by atoms with Gasteiger partial charge in [0, 0.05) is 90.0 Å². The van der Waals surface area contributed by atoms with E-state index in [1.54, 1.807) is 32.3 Å². The Morgan fingerprint density at radius 1 is 1.11 bits per heavy atom. The lowest BCUT2D eigenvalue weighted by Crippen LogP contribution is -2.69. The first-order valence-corrected chi connectivity index (χ1v) is 23.9. The van der Waals surface area contributed by atoms with Gasteiger partial charge in [0.25, 0.3) is 5.91 Å². The fraction of sp³-hybridized carbons (Fsp3) is 0.565. The highest BCUT2D eigenvalue weighted by atomic mass is 32.1. The Kier molecular flexibility index (Phi) is 13.3. The maximum absolute atomic E-state index is 14.9. The van der Waals surface area contributed by atoms with E-state index in [2.05, 4.69) is 60.3 Å². The molecule has 4 aromatic rings. The number of hydrazine groups is 1. The first kappa shape index (κ1) is 46.3. The Morgan fingerprint density at radius 2 is 1.86 bits per heavy atom. The van der Waals surface area contributed by atoms with Crippen molar-refractivity contribution in [2.45, 2.75) is 110 Å². The molecule has 63 heavy (non-hydrogen) atoms. The van der Waals surface area contributed by atoms with Gasteiger partial charge < -0.3 is 33.9 Å². The lowest BCUT2D eigenvalue weighted by Gasteiger charge is -2.47. The molecule has 0 aliphatic carbocycles. The van der Waals surface area contributed by atoms with Crippen LogP contribution in [0.3, 0.4) is 0 Å². The highest BCUT2D eigenvalue weighted by molar-refractivity contribution is 7.10. The van der Waals surface area contributed by atoms with Gasteiger partial charge in [0.05, 0.1) is 53.6 Å². The number of pyridine rings is 1. The number of nitrogens with zero attached hydrogens (tertiary/aromatic N) is 6. The van der Waals surface area contributed by atoms with Crippen LogP contribution in [0.1, 0.15) is 83.7 Å². The van der Waals surface area contributed by atoms with E-state index in [1.807, 2.05) is 39.1 Å². The van der Waals surface area contributed by atoms with E-state index in [0.717, 1.165) is 44.7 Å². The number of cyclic esters (lactones) is 1. The zero-order valence-electron chi connectivity index (χ0n) is 38.7. The molecule has 340 valence electrons. The van der Waals surface area contributed by atoms with Crippen molar-refractivity contribution in [2.75, 3.05) is 47.6 Å². The van der Waals surface area contributed by atoms with Gasteiger partial charge in [0.2, 0.25) is 5.91 Å². The number of nitrogens with one attached hydrogen (secondary N) is 2. The van der Waals surface area contributed by atoms with E-state index in [0.29, 0.717) is 50.6 Å². The Labute approximate surface area is 377 Å². The van der Waals surface area contributed by atoms with Gasteiger partial charge in [-0.15, -0.1) is 11.3 Å². The van der Waals surface area contributed by atoms with Crippen LogP contribution in [-0.4, -0.2) is 134 Å². The van der Waals surface area contributed by atoms with Crippen LogP contribution >= 0.6 is 11.3 Å². The normalized spacial score (nSPS) is 22.2. The fourth-order valence-corrected chi connectivity index (χ4v) is 11.3. The first-order chi connectivity index (χ1) is 29.8. The second-order valence-electron chi connectivity index (χ2n) is 19.1. The van der Waals surface area contributed by atoms with Gasteiger partial charge in [-0.2, -0.15) is 0 Å². The maximum Gasteiger partial charge on any atom is 0.324 e. The topological polar surface area (TPSA) is 160 Å². The Morgan fingerprint density at radius 3 is 2.52 bits per heavy atom. The van der Waals surface area contributed by atoms with Crippen LogP contribution in [0.4, 0.5) is 4.79 Å². The quantitative estimate of drug-likeness (QED) is 0.178. The number of benzene rings is 1. The summed E-state index contributed by atoms with van der Waals surface area (Å²) in [7, 11) is 5.23. The number of urea groups is 1. The molecule has 2 fully saturated rings. The summed E-state index contributed by atoms with van der Waals surface area (Å²) in [5, 5.41) is 6.99. The SMILES string of the molecule is CCn1c(-c2cccnc2[C@H](C)OC)c2c3cc(ccc31)-c1csc(n1)C[C@@]([SiH3])(NC(=O)[C@H](C(C)C)N(C)C(=O)N(C)C1(C)COC1)C(=O)N1CCC[C@H](N1)C(=O)OCC(C)(C)C2. The molecule has 0 spiro atoms. The molecule has 3 aromatic heterocycles. The number of aryl methyl sites for hydroxylation is 1. The summed E-state index contributed by atoms with van der Waals surface area (Å²) >= 11 is 1.44. The molecular weight excluding hydrogens is 837 g/mol. The second kappa shape index (κ2) is 18.1. The van der Waals surface area contributed by atoms with E-state index in [4.69, 9.17) is 24.2 Å². The summed E-state index contributed by atoms with van der Waals surface area (Å²) in [6, 6.07) is 8.51. The maximum atomic E-state index is 14.9. The van der Waals surface area contributed by atoms with Crippen molar-refractivity contribution in [1.29, 1.82) is 0 Å². The predicted molar refractivity (Wildman–Crippen MR) is 247 cm³/mol. The van der Waals surface area contributed by atoms with E-state index in [9.17, 15) is 19.2 Å². The molecule has 6 bridgehead atoms. The molecule has 3 aliphatic heterocycles. The van der Waals surface area contributed by atoms with Gasteiger partial charge in [0.15, 0.2) is 0 Å².